The van der Waals surface area contributed by atoms with Gasteiger partial charge in [-0.1, -0.05) is 37.3 Å². The fraction of sp³-hybridized carbons (Fsp3) is 0.375. The van der Waals surface area contributed by atoms with E-state index in [1.165, 1.54) is 6.08 Å². The summed E-state index contributed by atoms with van der Waals surface area (Å²) in [6, 6.07) is 9.41. The third-order valence-corrected chi connectivity index (χ3v) is 2.92. The van der Waals surface area contributed by atoms with Crippen molar-refractivity contribution >= 4 is 18.0 Å². The Morgan fingerprint density at radius 2 is 1.90 bits per heavy atom. The van der Waals surface area contributed by atoms with Crippen LogP contribution in [0.25, 0.3) is 6.08 Å². The maximum Gasteiger partial charge on any atom is 0.331 e. The largest absolute Gasteiger partial charge is 0.452 e. The van der Waals surface area contributed by atoms with Crippen LogP contribution in [0.4, 0.5) is 0 Å². The molecule has 20 heavy (non-hydrogen) atoms. The van der Waals surface area contributed by atoms with Crippen molar-refractivity contribution in [1.82, 2.24) is 5.32 Å². The molecule has 1 aromatic carbocycles. The van der Waals surface area contributed by atoms with Gasteiger partial charge in [0, 0.05) is 11.6 Å². The molecule has 0 saturated carbocycles. The molecule has 0 radical (unpaired) electrons. The van der Waals surface area contributed by atoms with Gasteiger partial charge < -0.3 is 10.1 Å². The van der Waals surface area contributed by atoms with E-state index in [1.807, 2.05) is 51.1 Å². The number of esters is 1. The van der Waals surface area contributed by atoms with Crippen LogP contribution in [0.3, 0.4) is 0 Å². The average molecular weight is 275 g/mol. The lowest BCUT2D eigenvalue weighted by atomic mass is 10.0. The smallest absolute Gasteiger partial charge is 0.331 e. The van der Waals surface area contributed by atoms with Gasteiger partial charge in [-0.05, 0) is 31.9 Å². The average Bonchev–Trinajstić information content (AvgIpc) is 2.43. The lowest BCUT2D eigenvalue weighted by Crippen LogP contribution is -2.44. The van der Waals surface area contributed by atoms with Crippen molar-refractivity contribution in [1.29, 1.82) is 0 Å². The summed E-state index contributed by atoms with van der Waals surface area (Å²) in [5.41, 5.74) is 0.615. The molecule has 0 spiro atoms. The number of benzene rings is 1. The minimum atomic E-state index is -0.529. The minimum absolute atomic E-state index is 0.263. The SMILES string of the molecule is CCC(C)(C)NC(=O)COC(=O)/C=C/c1ccccc1. The zero-order valence-electron chi connectivity index (χ0n) is 12.2. The number of amides is 1. The first-order valence-corrected chi connectivity index (χ1v) is 6.64. The van der Waals surface area contributed by atoms with Crippen LogP contribution < -0.4 is 5.32 Å². The molecule has 4 heteroatoms. The molecule has 0 fully saturated rings. The van der Waals surface area contributed by atoms with E-state index >= 15 is 0 Å². The van der Waals surface area contributed by atoms with E-state index < -0.39 is 5.97 Å². The molecule has 4 nitrogen and oxygen atoms in total. The van der Waals surface area contributed by atoms with E-state index in [2.05, 4.69) is 5.32 Å². The molecule has 0 bridgehead atoms. The molecule has 1 amide bonds. The van der Waals surface area contributed by atoms with E-state index in [-0.39, 0.29) is 18.1 Å². The van der Waals surface area contributed by atoms with Gasteiger partial charge in [0.2, 0.25) is 0 Å². The highest BCUT2D eigenvalue weighted by molar-refractivity contribution is 5.89. The third kappa shape index (κ3) is 6.18. The first-order valence-electron chi connectivity index (χ1n) is 6.64. The van der Waals surface area contributed by atoms with Gasteiger partial charge in [-0.15, -0.1) is 0 Å². The lowest BCUT2D eigenvalue weighted by molar-refractivity contribution is -0.144. The number of ether oxygens (including phenoxy) is 1. The van der Waals surface area contributed by atoms with Gasteiger partial charge in [0.25, 0.3) is 5.91 Å². The van der Waals surface area contributed by atoms with Crippen LogP contribution in [-0.2, 0) is 14.3 Å². The van der Waals surface area contributed by atoms with E-state index in [0.29, 0.717) is 0 Å². The molecular formula is C16H21NO3. The van der Waals surface area contributed by atoms with Crippen molar-refractivity contribution in [3.8, 4) is 0 Å². The van der Waals surface area contributed by atoms with E-state index in [1.54, 1.807) is 6.08 Å². The molecule has 0 aliphatic carbocycles. The Balaban J connectivity index is 2.37. The molecule has 0 aliphatic rings. The van der Waals surface area contributed by atoms with E-state index in [4.69, 9.17) is 4.74 Å². The second kappa shape index (κ2) is 7.48. The van der Waals surface area contributed by atoms with Crippen LogP contribution in [0.15, 0.2) is 36.4 Å². The molecule has 0 aromatic heterocycles. The van der Waals surface area contributed by atoms with E-state index in [0.717, 1.165) is 12.0 Å². The summed E-state index contributed by atoms with van der Waals surface area (Å²) in [5, 5.41) is 2.79. The summed E-state index contributed by atoms with van der Waals surface area (Å²) in [6.45, 7) is 5.56. The van der Waals surface area contributed by atoms with Crippen LogP contribution in [0.5, 0.6) is 0 Å². The van der Waals surface area contributed by atoms with Crippen molar-refractivity contribution < 1.29 is 14.3 Å². The zero-order chi connectivity index (χ0) is 15.0. The minimum Gasteiger partial charge on any atom is -0.452 e. The van der Waals surface area contributed by atoms with Crippen LogP contribution in [0.1, 0.15) is 32.8 Å². The van der Waals surface area contributed by atoms with Crippen LogP contribution in [-0.4, -0.2) is 24.0 Å². The quantitative estimate of drug-likeness (QED) is 0.641. The molecular weight excluding hydrogens is 254 g/mol. The lowest BCUT2D eigenvalue weighted by Gasteiger charge is -2.24. The Morgan fingerprint density at radius 3 is 2.50 bits per heavy atom. The maximum atomic E-state index is 11.6. The van der Waals surface area contributed by atoms with Crippen LogP contribution >= 0.6 is 0 Å². The summed E-state index contributed by atoms with van der Waals surface area (Å²) in [4.78, 5) is 23.1. The van der Waals surface area contributed by atoms with Gasteiger partial charge in [-0.3, -0.25) is 4.79 Å². The number of hydrogen-bond donors (Lipinski definition) is 1. The van der Waals surface area contributed by atoms with Gasteiger partial charge in [0.05, 0.1) is 0 Å². The van der Waals surface area contributed by atoms with Crippen molar-refractivity contribution in [3.05, 3.63) is 42.0 Å². The summed E-state index contributed by atoms with van der Waals surface area (Å²) in [5.74, 6) is -0.823. The van der Waals surface area contributed by atoms with Gasteiger partial charge in [-0.25, -0.2) is 4.79 Å². The molecule has 108 valence electrons. The number of nitrogens with one attached hydrogen (secondary N) is 1. The zero-order valence-corrected chi connectivity index (χ0v) is 12.2. The summed E-state index contributed by atoms with van der Waals surface area (Å²) in [7, 11) is 0. The Morgan fingerprint density at radius 1 is 1.25 bits per heavy atom. The normalized spacial score (nSPS) is 11.3. The predicted molar refractivity (Wildman–Crippen MR) is 78.9 cm³/mol. The molecule has 0 saturated heterocycles. The first-order chi connectivity index (χ1) is 9.43. The van der Waals surface area contributed by atoms with Crippen LogP contribution in [0, 0.1) is 0 Å². The highest BCUT2D eigenvalue weighted by atomic mass is 16.5. The number of hydrogen-bond acceptors (Lipinski definition) is 3. The fourth-order valence-corrected chi connectivity index (χ4v) is 1.42. The Hall–Kier alpha value is -2.10. The van der Waals surface area contributed by atoms with Crippen molar-refractivity contribution in [3.63, 3.8) is 0 Å². The molecule has 1 rings (SSSR count). The van der Waals surface area contributed by atoms with Gasteiger partial charge >= 0.3 is 5.97 Å². The highest BCUT2D eigenvalue weighted by Gasteiger charge is 2.18. The first kappa shape index (κ1) is 16.0. The topological polar surface area (TPSA) is 55.4 Å². The maximum absolute atomic E-state index is 11.6. The standard InChI is InChI=1S/C16H21NO3/c1-4-16(2,3)17-14(18)12-20-15(19)11-10-13-8-6-5-7-9-13/h5-11H,4,12H2,1-3H3,(H,17,18)/b11-10+. The Kier molecular flexibility index (Phi) is 5.97. The molecule has 0 aliphatic heterocycles. The Bertz CT molecular complexity index is 478. The monoisotopic (exact) mass is 275 g/mol. The molecule has 0 atom stereocenters. The molecule has 0 heterocycles. The predicted octanol–water partition coefficient (Wildman–Crippen LogP) is 2.55. The van der Waals surface area contributed by atoms with Crippen molar-refractivity contribution in [2.24, 2.45) is 0 Å². The Labute approximate surface area is 119 Å². The fourth-order valence-electron chi connectivity index (χ4n) is 1.42. The van der Waals surface area contributed by atoms with E-state index in [9.17, 15) is 9.59 Å². The second-order valence-corrected chi connectivity index (χ2v) is 5.14. The number of rotatable bonds is 6. The third-order valence-electron chi connectivity index (χ3n) is 2.92. The number of carbonyl (C=O) groups excluding carboxylic acids is 2. The van der Waals surface area contributed by atoms with Gasteiger partial charge in [0.1, 0.15) is 0 Å². The van der Waals surface area contributed by atoms with Gasteiger partial charge in [0.15, 0.2) is 6.61 Å². The van der Waals surface area contributed by atoms with Gasteiger partial charge in [-0.2, -0.15) is 0 Å². The second-order valence-electron chi connectivity index (χ2n) is 5.14. The number of carbonyl (C=O) groups is 2. The molecule has 1 N–H and O–H groups in total. The summed E-state index contributed by atoms with van der Waals surface area (Å²) in [6.07, 6.45) is 3.77. The van der Waals surface area contributed by atoms with Crippen LogP contribution in [0.2, 0.25) is 0 Å². The summed E-state index contributed by atoms with van der Waals surface area (Å²) < 4.78 is 4.88. The highest BCUT2D eigenvalue weighted by Crippen LogP contribution is 2.06. The van der Waals surface area contributed by atoms with Crippen molar-refractivity contribution in [2.45, 2.75) is 32.7 Å². The van der Waals surface area contributed by atoms with Crippen molar-refractivity contribution in [2.75, 3.05) is 6.61 Å². The molecule has 0 unspecified atom stereocenters. The summed E-state index contributed by atoms with van der Waals surface area (Å²) >= 11 is 0. The molecule has 1 aromatic rings.